The van der Waals surface area contributed by atoms with Crippen LogP contribution in [0.5, 0.6) is 0 Å². The van der Waals surface area contributed by atoms with Crippen LogP contribution < -0.4 is 5.73 Å². The minimum absolute atomic E-state index is 0.0978. The number of phosphoric ester groups is 1. The summed E-state index contributed by atoms with van der Waals surface area (Å²) >= 11 is 0. The van der Waals surface area contributed by atoms with E-state index in [9.17, 15) is 14.3 Å². The molecule has 2 atom stereocenters. The molecule has 184 valence electrons. The summed E-state index contributed by atoms with van der Waals surface area (Å²) < 4.78 is 31.7. The predicted molar refractivity (Wildman–Crippen MR) is 123 cm³/mol. The highest BCUT2D eigenvalue weighted by molar-refractivity contribution is 7.47. The third-order valence-electron chi connectivity index (χ3n) is 4.48. The molecule has 0 heterocycles. The number of unbranched alkanes of at least 4 members (excludes halogenated alkanes) is 9. The van der Waals surface area contributed by atoms with Crippen molar-refractivity contribution in [3.05, 3.63) is 12.2 Å². The zero-order chi connectivity index (χ0) is 23.2. The van der Waals surface area contributed by atoms with E-state index in [4.69, 9.17) is 19.7 Å². The third-order valence-corrected chi connectivity index (χ3v) is 5.47. The normalized spacial score (nSPS) is 14.6. The van der Waals surface area contributed by atoms with Gasteiger partial charge in [0.1, 0.15) is 6.10 Å². The van der Waals surface area contributed by atoms with E-state index in [1.807, 2.05) is 0 Å². The third kappa shape index (κ3) is 22.2. The number of rotatable bonds is 22. The lowest BCUT2D eigenvalue weighted by Gasteiger charge is -2.19. The second kappa shape index (κ2) is 21.1. The highest BCUT2D eigenvalue weighted by Crippen LogP contribution is 2.42. The minimum Gasteiger partial charge on any atom is -0.458 e. The SMILES string of the molecule is CCCCC/C=C\CCCCCCCCOCC(COP(=O)(O)OCCN)OC(C)=O. The second-order valence-electron chi connectivity index (χ2n) is 7.57. The Morgan fingerprint density at radius 1 is 0.935 bits per heavy atom. The molecule has 9 heteroatoms. The molecule has 3 N–H and O–H groups in total. The summed E-state index contributed by atoms with van der Waals surface area (Å²) in [6, 6.07) is 0. The highest BCUT2D eigenvalue weighted by Gasteiger charge is 2.24. The summed E-state index contributed by atoms with van der Waals surface area (Å²) in [6.45, 7) is 3.84. The first-order valence-electron chi connectivity index (χ1n) is 11.6. The Morgan fingerprint density at radius 3 is 2.16 bits per heavy atom. The number of carbonyl (C=O) groups excluding carboxylic acids is 1. The molecule has 0 aromatic rings. The van der Waals surface area contributed by atoms with Crippen LogP contribution in [-0.2, 0) is 27.9 Å². The number of phosphoric acid groups is 1. The average Bonchev–Trinajstić information content (AvgIpc) is 2.73. The maximum absolute atomic E-state index is 11.6. The molecular weight excluding hydrogens is 421 g/mol. The molecule has 0 aliphatic carbocycles. The van der Waals surface area contributed by atoms with E-state index in [0.717, 1.165) is 12.8 Å². The van der Waals surface area contributed by atoms with E-state index >= 15 is 0 Å². The molecule has 0 spiro atoms. The van der Waals surface area contributed by atoms with Crippen molar-refractivity contribution in [1.82, 2.24) is 0 Å². The van der Waals surface area contributed by atoms with Crippen molar-refractivity contribution in [3.8, 4) is 0 Å². The summed E-state index contributed by atoms with van der Waals surface area (Å²) in [5.74, 6) is -0.511. The van der Waals surface area contributed by atoms with Crippen LogP contribution in [0.2, 0.25) is 0 Å². The van der Waals surface area contributed by atoms with Crippen molar-refractivity contribution in [3.63, 3.8) is 0 Å². The van der Waals surface area contributed by atoms with Crippen LogP contribution in [0.25, 0.3) is 0 Å². The van der Waals surface area contributed by atoms with E-state index in [2.05, 4.69) is 23.6 Å². The molecule has 0 aromatic carbocycles. The molecule has 2 unspecified atom stereocenters. The Bertz CT molecular complexity index is 502. The largest absolute Gasteiger partial charge is 0.472 e. The van der Waals surface area contributed by atoms with Crippen molar-refractivity contribution < 1.29 is 32.8 Å². The number of hydrogen-bond donors (Lipinski definition) is 2. The summed E-state index contributed by atoms with van der Waals surface area (Å²) in [7, 11) is -4.21. The Hall–Kier alpha value is -0.760. The summed E-state index contributed by atoms with van der Waals surface area (Å²) in [5, 5.41) is 0. The van der Waals surface area contributed by atoms with Gasteiger partial charge >= 0.3 is 13.8 Å². The van der Waals surface area contributed by atoms with Crippen molar-refractivity contribution in [2.45, 2.75) is 90.6 Å². The first-order chi connectivity index (χ1) is 14.9. The standard InChI is InChI=1S/C22H44NO7P/c1-3-4-5-6-7-8-9-10-11-12-13-14-15-17-27-19-22(30-21(2)24)20-29-31(25,26)28-18-16-23/h7-8,22H,3-6,9-20,23H2,1-2H3,(H,25,26)/b8-7-. The molecule has 0 saturated carbocycles. The van der Waals surface area contributed by atoms with Crippen molar-refractivity contribution in [2.24, 2.45) is 5.73 Å². The molecule has 31 heavy (non-hydrogen) atoms. The van der Waals surface area contributed by atoms with E-state index < -0.39 is 19.9 Å². The first kappa shape index (κ1) is 30.2. The van der Waals surface area contributed by atoms with Crippen LogP contribution in [0, 0.1) is 0 Å². The van der Waals surface area contributed by atoms with Gasteiger partial charge < -0.3 is 20.1 Å². The van der Waals surface area contributed by atoms with Gasteiger partial charge in [0.25, 0.3) is 0 Å². The molecule has 0 radical (unpaired) electrons. The second-order valence-corrected chi connectivity index (χ2v) is 9.02. The van der Waals surface area contributed by atoms with Crippen LogP contribution in [-0.4, -0.2) is 49.9 Å². The maximum Gasteiger partial charge on any atom is 0.472 e. The number of allylic oxidation sites excluding steroid dienone is 2. The van der Waals surface area contributed by atoms with Crippen LogP contribution in [0.3, 0.4) is 0 Å². The number of hydrogen-bond acceptors (Lipinski definition) is 7. The van der Waals surface area contributed by atoms with Crippen molar-refractivity contribution >= 4 is 13.8 Å². The van der Waals surface area contributed by atoms with E-state index in [-0.39, 0.29) is 26.4 Å². The van der Waals surface area contributed by atoms with Crippen molar-refractivity contribution in [1.29, 1.82) is 0 Å². The molecule has 0 aromatic heterocycles. The van der Waals surface area contributed by atoms with Crippen LogP contribution in [0.15, 0.2) is 12.2 Å². The topological polar surface area (TPSA) is 117 Å². The fourth-order valence-electron chi connectivity index (χ4n) is 2.87. The van der Waals surface area contributed by atoms with Gasteiger partial charge in [-0.05, 0) is 32.1 Å². The van der Waals surface area contributed by atoms with Gasteiger partial charge in [-0.3, -0.25) is 13.8 Å². The molecule has 0 saturated heterocycles. The van der Waals surface area contributed by atoms with Gasteiger partial charge in [-0.2, -0.15) is 0 Å². The molecule has 8 nitrogen and oxygen atoms in total. The summed E-state index contributed by atoms with van der Waals surface area (Å²) in [5.41, 5.74) is 5.22. The number of esters is 1. The molecule has 0 aliphatic rings. The molecule has 0 aliphatic heterocycles. The maximum atomic E-state index is 11.6. The molecular formula is C22H44NO7P. The monoisotopic (exact) mass is 465 g/mol. The average molecular weight is 466 g/mol. The van der Waals surface area contributed by atoms with E-state index in [0.29, 0.717) is 6.61 Å². The van der Waals surface area contributed by atoms with Gasteiger partial charge in [0.2, 0.25) is 0 Å². The minimum atomic E-state index is -4.21. The van der Waals surface area contributed by atoms with Gasteiger partial charge in [-0.15, -0.1) is 0 Å². The summed E-state index contributed by atoms with van der Waals surface area (Å²) in [6.07, 6.45) is 17.0. The quantitative estimate of drug-likeness (QED) is 0.100. The van der Waals surface area contributed by atoms with Crippen LogP contribution in [0.4, 0.5) is 0 Å². The fraction of sp³-hybridized carbons (Fsp3) is 0.864. The lowest BCUT2D eigenvalue weighted by atomic mass is 10.1. The zero-order valence-corrected chi connectivity index (χ0v) is 20.4. The first-order valence-corrected chi connectivity index (χ1v) is 13.1. The molecule has 0 bridgehead atoms. The Morgan fingerprint density at radius 2 is 1.55 bits per heavy atom. The lowest BCUT2D eigenvalue weighted by Crippen LogP contribution is -2.27. The van der Waals surface area contributed by atoms with Gasteiger partial charge in [-0.1, -0.05) is 57.6 Å². The number of ether oxygens (including phenoxy) is 2. The van der Waals surface area contributed by atoms with Gasteiger partial charge in [0.15, 0.2) is 0 Å². The Kier molecular flexibility index (Phi) is 20.6. The lowest BCUT2D eigenvalue weighted by molar-refractivity contribution is -0.151. The van der Waals surface area contributed by atoms with E-state index in [1.165, 1.54) is 64.7 Å². The van der Waals surface area contributed by atoms with Gasteiger partial charge in [-0.25, -0.2) is 4.57 Å². The van der Waals surface area contributed by atoms with Gasteiger partial charge in [0.05, 0.1) is 19.8 Å². The van der Waals surface area contributed by atoms with Crippen LogP contribution >= 0.6 is 7.82 Å². The van der Waals surface area contributed by atoms with Crippen LogP contribution in [0.1, 0.15) is 84.5 Å². The number of nitrogens with two attached hydrogens (primary N) is 1. The molecule has 0 amide bonds. The van der Waals surface area contributed by atoms with Gasteiger partial charge in [0, 0.05) is 20.1 Å². The molecule has 0 fully saturated rings. The van der Waals surface area contributed by atoms with E-state index in [1.54, 1.807) is 0 Å². The Labute approximate surface area is 188 Å². The Balaban J connectivity index is 3.72. The van der Waals surface area contributed by atoms with Crippen molar-refractivity contribution in [2.75, 3.05) is 33.0 Å². The summed E-state index contributed by atoms with van der Waals surface area (Å²) in [4.78, 5) is 20.7. The number of carbonyl (C=O) groups is 1. The smallest absolute Gasteiger partial charge is 0.458 e. The highest BCUT2D eigenvalue weighted by atomic mass is 31.2. The zero-order valence-electron chi connectivity index (χ0n) is 19.5. The predicted octanol–water partition coefficient (Wildman–Crippen LogP) is 4.89. The fourth-order valence-corrected chi connectivity index (χ4v) is 3.63. The molecule has 0 rings (SSSR count).